The number of aliphatic carboxylic acids is 1. The number of rotatable bonds is 4. The Morgan fingerprint density at radius 1 is 1.44 bits per heavy atom. The van der Waals surface area contributed by atoms with Gasteiger partial charge in [-0.25, -0.2) is 0 Å². The van der Waals surface area contributed by atoms with Crippen molar-refractivity contribution in [2.24, 2.45) is 5.92 Å². The van der Waals surface area contributed by atoms with E-state index in [1.165, 1.54) is 0 Å². The van der Waals surface area contributed by atoms with Gasteiger partial charge >= 0.3 is 5.97 Å². The summed E-state index contributed by atoms with van der Waals surface area (Å²) in [6.45, 7) is 0.227. The van der Waals surface area contributed by atoms with Gasteiger partial charge in [-0.2, -0.15) is 0 Å². The summed E-state index contributed by atoms with van der Waals surface area (Å²) in [7, 11) is 0. The van der Waals surface area contributed by atoms with Crippen LogP contribution < -0.4 is 9.47 Å². The van der Waals surface area contributed by atoms with Gasteiger partial charge in [0.05, 0.1) is 10.9 Å². The number of carbonyl (C=O) groups is 1. The van der Waals surface area contributed by atoms with Crippen molar-refractivity contribution in [3.8, 4) is 11.5 Å². The Morgan fingerprint density at radius 3 is 2.89 bits per heavy atom. The lowest BCUT2D eigenvalue weighted by Gasteiger charge is -2.15. The molecule has 0 amide bonds. The van der Waals surface area contributed by atoms with E-state index in [-0.39, 0.29) is 19.1 Å². The Balaban J connectivity index is 1.94. The summed E-state index contributed by atoms with van der Waals surface area (Å²) in [6.07, 6.45) is 2.41. The molecule has 96 valence electrons. The zero-order valence-corrected chi connectivity index (χ0v) is 11.3. The van der Waals surface area contributed by atoms with Crippen LogP contribution >= 0.6 is 15.9 Å². The maximum absolute atomic E-state index is 11.0. The third-order valence-electron chi connectivity index (χ3n) is 3.46. The molecule has 1 aromatic rings. The van der Waals surface area contributed by atoms with Gasteiger partial charge in [0.15, 0.2) is 11.5 Å². The van der Waals surface area contributed by atoms with Gasteiger partial charge in [0.2, 0.25) is 6.79 Å². The number of fused-ring (bicyclic) bond motifs is 1. The normalized spacial score (nSPS) is 18.7. The molecule has 18 heavy (non-hydrogen) atoms. The molecular formula is C13H13BrO4. The summed E-state index contributed by atoms with van der Waals surface area (Å²) in [5.41, 5.74) is 1.02. The number of benzene rings is 1. The Hall–Kier alpha value is -1.23. The zero-order valence-electron chi connectivity index (χ0n) is 9.69. The molecule has 1 aliphatic carbocycles. The van der Waals surface area contributed by atoms with E-state index in [2.05, 4.69) is 15.9 Å². The van der Waals surface area contributed by atoms with Crippen molar-refractivity contribution in [2.45, 2.75) is 25.2 Å². The molecule has 0 radical (unpaired) electrons. The van der Waals surface area contributed by atoms with Crippen LogP contribution in [0, 0.1) is 5.92 Å². The molecule has 3 rings (SSSR count). The molecule has 2 aliphatic rings. The largest absolute Gasteiger partial charge is 0.481 e. The number of carboxylic acid groups (broad SMARTS) is 1. The van der Waals surface area contributed by atoms with Gasteiger partial charge in [-0.05, 0) is 58.3 Å². The van der Waals surface area contributed by atoms with Crippen LogP contribution in [0.3, 0.4) is 0 Å². The maximum Gasteiger partial charge on any atom is 0.303 e. The van der Waals surface area contributed by atoms with Crippen molar-refractivity contribution in [3.05, 3.63) is 22.2 Å². The van der Waals surface area contributed by atoms with E-state index in [0.29, 0.717) is 17.4 Å². The van der Waals surface area contributed by atoms with Gasteiger partial charge in [-0.1, -0.05) is 0 Å². The minimum atomic E-state index is -0.749. The van der Waals surface area contributed by atoms with Crippen molar-refractivity contribution in [2.75, 3.05) is 6.79 Å². The van der Waals surface area contributed by atoms with Crippen molar-refractivity contribution in [1.29, 1.82) is 0 Å². The summed E-state index contributed by atoms with van der Waals surface area (Å²) in [5.74, 6) is 1.24. The van der Waals surface area contributed by atoms with Crippen LogP contribution in [0.1, 0.15) is 30.7 Å². The first-order chi connectivity index (χ1) is 8.65. The van der Waals surface area contributed by atoms with Crippen LogP contribution in [-0.4, -0.2) is 17.9 Å². The van der Waals surface area contributed by atoms with Crippen LogP contribution in [0.4, 0.5) is 0 Å². The summed E-state index contributed by atoms with van der Waals surface area (Å²) in [4.78, 5) is 11.0. The highest BCUT2D eigenvalue weighted by atomic mass is 79.9. The average molecular weight is 313 g/mol. The second-order valence-corrected chi connectivity index (χ2v) is 5.63. The minimum absolute atomic E-state index is 0.0771. The fraction of sp³-hybridized carbons (Fsp3) is 0.462. The zero-order chi connectivity index (χ0) is 12.7. The van der Waals surface area contributed by atoms with Gasteiger partial charge < -0.3 is 14.6 Å². The smallest absolute Gasteiger partial charge is 0.303 e. The van der Waals surface area contributed by atoms with Gasteiger partial charge in [0.1, 0.15) is 0 Å². The third kappa shape index (κ3) is 2.19. The Kier molecular flexibility index (Phi) is 2.93. The van der Waals surface area contributed by atoms with E-state index in [0.717, 1.165) is 22.9 Å². The van der Waals surface area contributed by atoms with E-state index < -0.39 is 5.97 Å². The second kappa shape index (κ2) is 4.46. The highest BCUT2D eigenvalue weighted by molar-refractivity contribution is 9.10. The molecule has 1 heterocycles. The fourth-order valence-electron chi connectivity index (χ4n) is 2.44. The Labute approximate surface area is 113 Å². The minimum Gasteiger partial charge on any atom is -0.481 e. The fourth-order valence-corrected chi connectivity index (χ4v) is 3.02. The highest BCUT2D eigenvalue weighted by Crippen LogP contribution is 2.48. The van der Waals surface area contributed by atoms with E-state index in [9.17, 15) is 4.79 Å². The summed E-state index contributed by atoms with van der Waals surface area (Å²) >= 11 is 3.45. The van der Waals surface area contributed by atoms with Crippen molar-refractivity contribution < 1.29 is 19.4 Å². The van der Waals surface area contributed by atoms with Crippen molar-refractivity contribution >= 4 is 21.9 Å². The van der Waals surface area contributed by atoms with Gasteiger partial charge in [-0.15, -0.1) is 0 Å². The monoisotopic (exact) mass is 312 g/mol. The molecule has 1 N–H and O–H groups in total. The SMILES string of the molecule is O=C(O)CC(c1cc(Br)c2c(c1)OCO2)C1CC1. The van der Waals surface area contributed by atoms with Gasteiger partial charge in [0.25, 0.3) is 0 Å². The predicted molar refractivity (Wildman–Crippen MR) is 68.0 cm³/mol. The molecule has 0 saturated heterocycles. The second-order valence-electron chi connectivity index (χ2n) is 4.78. The predicted octanol–water partition coefficient (Wildman–Crippen LogP) is 3.15. The topological polar surface area (TPSA) is 55.8 Å². The quantitative estimate of drug-likeness (QED) is 0.928. The van der Waals surface area contributed by atoms with Gasteiger partial charge in [0, 0.05) is 0 Å². The number of carboxylic acids is 1. The lowest BCUT2D eigenvalue weighted by Crippen LogP contribution is -2.08. The van der Waals surface area contributed by atoms with Crippen molar-refractivity contribution in [1.82, 2.24) is 0 Å². The molecule has 0 aromatic heterocycles. The summed E-state index contributed by atoms with van der Waals surface area (Å²) < 4.78 is 11.5. The first kappa shape index (κ1) is 11.8. The molecule has 1 aromatic carbocycles. The number of ether oxygens (including phenoxy) is 2. The molecule has 1 unspecified atom stereocenters. The molecule has 1 fully saturated rings. The van der Waals surface area contributed by atoms with Gasteiger partial charge in [-0.3, -0.25) is 4.79 Å². The lowest BCUT2D eigenvalue weighted by molar-refractivity contribution is -0.137. The van der Waals surface area contributed by atoms with E-state index in [1.54, 1.807) is 0 Å². The van der Waals surface area contributed by atoms with E-state index >= 15 is 0 Å². The molecular weight excluding hydrogens is 300 g/mol. The van der Waals surface area contributed by atoms with E-state index in [1.807, 2.05) is 12.1 Å². The molecule has 0 bridgehead atoms. The molecule has 1 aliphatic heterocycles. The van der Waals surface area contributed by atoms with Crippen LogP contribution in [0.2, 0.25) is 0 Å². The molecule has 4 nitrogen and oxygen atoms in total. The molecule has 5 heteroatoms. The number of hydrogen-bond acceptors (Lipinski definition) is 3. The molecule has 0 spiro atoms. The first-order valence-corrected chi connectivity index (χ1v) is 6.75. The maximum atomic E-state index is 11.0. The molecule has 1 saturated carbocycles. The first-order valence-electron chi connectivity index (χ1n) is 5.96. The van der Waals surface area contributed by atoms with Crippen LogP contribution in [-0.2, 0) is 4.79 Å². The van der Waals surface area contributed by atoms with Crippen LogP contribution in [0.5, 0.6) is 11.5 Å². The summed E-state index contributed by atoms with van der Waals surface area (Å²) in [6, 6.07) is 3.87. The van der Waals surface area contributed by atoms with Crippen LogP contribution in [0.25, 0.3) is 0 Å². The standard InChI is InChI=1S/C13H13BrO4/c14-10-3-8(4-11-13(10)18-6-17-11)9(5-12(15)16)7-1-2-7/h3-4,7,9H,1-2,5-6H2,(H,15,16). The van der Waals surface area contributed by atoms with E-state index in [4.69, 9.17) is 14.6 Å². The third-order valence-corrected chi connectivity index (χ3v) is 4.05. The number of halogens is 1. The molecule has 1 atom stereocenters. The Bertz CT molecular complexity index is 496. The number of hydrogen-bond donors (Lipinski definition) is 1. The Morgan fingerprint density at radius 2 is 2.22 bits per heavy atom. The van der Waals surface area contributed by atoms with Crippen LogP contribution in [0.15, 0.2) is 16.6 Å². The average Bonchev–Trinajstić information content (AvgIpc) is 3.03. The summed E-state index contributed by atoms with van der Waals surface area (Å²) in [5, 5.41) is 9.02. The lowest BCUT2D eigenvalue weighted by atomic mass is 9.91. The highest BCUT2D eigenvalue weighted by Gasteiger charge is 2.35. The van der Waals surface area contributed by atoms with Crippen molar-refractivity contribution in [3.63, 3.8) is 0 Å².